The van der Waals surface area contributed by atoms with E-state index >= 15 is 0 Å². The number of rotatable bonds is 6. The first-order valence-corrected chi connectivity index (χ1v) is 12.7. The number of benzene rings is 2. The number of phenolic OH excluding ortho intramolecular Hbond substituents is 1. The van der Waals surface area contributed by atoms with Gasteiger partial charge in [0.25, 0.3) is 0 Å². The molecule has 0 aromatic heterocycles. The number of hydrogen-bond acceptors (Lipinski definition) is 5. The Bertz CT molecular complexity index is 1240. The molecule has 1 N–H and O–H groups in total. The molecule has 0 heterocycles. The lowest BCUT2D eigenvalue weighted by Gasteiger charge is -2.49. The summed E-state index contributed by atoms with van der Waals surface area (Å²) in [5.74, 6) is 1.63. The Morgan fingerprint density at radius 2 is 1.80 bits per heavy atom. The van der Waals surface area contributed by atoms with E-state index in [1.165, 1.54) is 5.57 Å². The van der Waals surface area contributed by atoms with E-state index in [2.05, 4.69) is 33.8 Å². The third-order valence-corrected chi connectivity index (χ3v) is 8.81. The SMILES string of the molecule is CCCCOc1cc(OC)c2c3c1C(=O)c1c(O)ccc(OC)c1[C@@H]3C[C@]21C(C)=CCCC1(C)C. The second-order valence-corrected chi connectivity index (χ2v) is 10.8. The fourth-order valence-corrected chi connectivity index (χ4v) is 7.05. The highest BCUT2D eigenvalue weighted by Crippen LogP contribution is 2.68. The highest BCUT2D eigenvalue weighted by atomic mass is 16.5. The molecule has 0 fully saturated rings. The van der Waals surface area contributed by atoms with Gasteiger partial charge in [0.15, 0.2) is 0 Å². The predicted octanol–water partition coefficient (Wildman–Crippen LogP) is 6.67. The van der Waals surface area contributed by atoms with Gasteiger partial charge >= 0.3 is 0 Å². The summed E-state index contributed by atoms with van der Waals surface area (Å²) in [6, 6.07) is 5.24. The topological polar surface area (TPSA) is 65.0 Å². The Hall–Kier alpha value is -2.95. The van der Waals surface area contributed by atoms with Crippen LogP contribution in [-0.4, -0.2) is 31.7 Å². The molecular formula is C30H36O5. The van der Waals surface area contributed by atoms with Crippen molar-refractivity contribution in [2.45, 2.75) is 71.1 Å². The van der Waals surface area contributed by atoms with Crippen LogP contribution < -0.4 is 14.2 Å². The van der Waals surface area contributed by atoms with Crippen LogP contribution in [0.3, 0.4) is 0 Å². The van der Waals surface area contributed by atoms with Crippen LogP contribution in [0.5, 0.6) is 23.0 Å². The number of carbonyl (C=O) groups is 1. The van der Waals surface area contributed by atoms with E-state index in [0.29, 0.717) is 29.2 Å². The van der Waals surface area contributed by atoms with Crippen LogP contribution in [0.25, 0.3) is 0 Å². The molecule has 0 unspecified atom stereocenters. The van der Waals surface area contributed by atoms with Gasteiger partial charge in [-0.1, -0.05) is 38.8 Å². The summed E-state index contributed by atoms with van der Waals surface area (Å²) in [4.78, 5) is 14.1. The van der Waals surface area contributed by atoms with Gasteiger partial charge in [-0.15, -0.1) is 0 Å². The second kappa shape index (κ2) is 8.32. The lowest BCUT2D eigenvalue weighted by molar-refractivity contribution is 0.102. The summed E-state index contributed by atoms with van der Waals surface area (Å²) >= 11 is 0. The van der Waals surface area contributed by atoms with E-state index in [4.69, 9.17) is 14.2 Å². The van der Waals surface area contributed by atoms with Gasteiger partial charge in [-0.3, -0.25) is 4.79 Å². The molecule has 0 aliphatic heterocycles. The number of fused-ring (bicyclic) bond motifs is 3. The van der Waals surface area contributed by atoms with Crippen molar-refractivity contribution in [1.29, 1.82) is 0 Å². The normalized spacial score (nSPS) is 23.5. The molecule has 3 aliphatic rings. The maximum atomic E-state index is 14.1. The maximum absolute atomic E-state index is 14.1. The quantitative estimate of drug-likeness (QED) is 0.372. The van der Waals surface area contributed by atoms with Gasteiger partial charge in [0, 0.05) is 28.5 Å². The zero-order valence-corrected chi connectivity index (χ0v) is 21.7. The van der Waals surface area contributed by atoms with Crippen LogP contribution >= 0.6 is 0 Å². The predicted molar refractivity (Wildman–Crippen MR) is 136 cm³/mol. The molecule has 0 amide bonds. The first kappa shape index (κ1) is 23.8. The van der Waals surface area contributed by atoms with Crippen molar-refractivity contribution in [2.24, 2.45) is 5.41 Å². The molecule has 0 saturated carbocycles. The van der Waals surface area contributed by atoms with Crippen molar-refractivity contribution in [2.75, 3.05) is 20.8 Å². The summed E-state index contributed by atoms with van der Waals surface area (Å²) in [5.41, 5.74) is 4.75. The average molecular weight is 477 g/mol. The van der Waals surface area contributed by atoms with Crippen LogP contribution in [0.1, 0.15) is 98.3 Å². The molecule has 5 rings (SSSR count). The number of allylic oxidation sites excluding steroid dienone is 2. The number of unbranched alkanes of at least 4 members (excludes halogenated alkanes) is 1. The molecule has 5 nitrogen and oxygen atoms in total. The van der Waals surface area contributed by atoms with E-state index in [-0.39, 0.29) is 28.3 Å². The summed E-state index contributed by atoms with van der Waals surface area (Å²) < 4.78 is 18.0. The molecule has 186 valence electrons. The minimum Gasteiger partial charge on any atom is -0.507 e. The molecule has 2 atom stereocenters. The standard InChI is InChI=1S/C30H36O5/c1-7-8-14-35-21-15-22(34-6)27-24-18(16-30(27)17(2)10-9-13-29(30,3)4)23-20(33-5)12-11-19(31)25(23)28(32)26(21)24/h10-12,15,18,31H,7-9,13-14,16H2,1-6H3/t18-,30-/m0/s1. The molecule has 0 saturated heterocycles. The lowest BCUT2D eigenvalue weighted by Crippen LogP contribution is -2.43. The first-order chi connectivity index (χ1) is 16.7. The average Bonchev–Trinajstić information content (AvgIpc) is 3.19. The molecule has 3 aliphatic carbocycles. The van der Waals surface area contributed by atoms with E-state index in [0.717, 1.165) is 54.5 Å². The third-order valence-electron chi connectivity index (χ3n) is 8.81. The fraction of sp³-hybridized carbons (Fsp3) is 0.500. The van der Waals surface area contributed by atoms with Crippen molar-refractivity contribution in [3.63, 3.8) is 0 Å². The molecule has 2 aromatic carbocycles. The van der Waals surface area contributed by atoms with Gasteiger partial charge in [0.05, 0.1) is 32.0 Å². The molecule has 0 bridgehead atoms. The van der Waals surface area contributed by atoms with Crippen LogP contribution in [0.15, 0.2) is 29.8 Å². The molecular weight excluding hydrogens is 440 g/mol. The van der Waals surface area contributed by atoms with E-state index in [1.807, 2.05) is 6.07 Å². The Morgan fingerprint density at radius 1 is 1.06 bits per heavy atom. The number of hydrogen-bond donors (Lipinski definition) is 1. The molecule has 5 heteroatoms. The molecule has 2 aromatic rings. The Balaban J connectivity index is 1.89. The smallest absolute Gasteiger partial charge is 0.201 e. The maximum Gasteiger partial charge on any atom is 0.201 e. The van der Waals surface area contributed by atoms with Crippen molar-refractivity contribution in [3.8, 4) is 23.0 Å². The minimum atomic E-state index is -0.300. The van der Waals surface area contributed by atoms with Gasteiger partial charge in [-0.2, -0.15) is 0 Å². The van der Waals surface area contributed by atoms with Gasteiger partial charge in [-0.05, 0) is 55.7 Å². The number of ketones is 1. The van der Waals surface area contributed by atoms with Gasteiger partial charge in [0.1, 0.15) is 23.0 Å². The number of aromatic hydroxyl groups is 1. The van der Waals surface area contributed by atoms with Crippen molar-refractivity contribution in [3.05, 3.63) is 57.7 Å². The van der Waals surface area contributed by atoms with Gasteiger partial charge in [0.2, 0.25) is 5.78 Å². The highest BCUT2D eigenvalue weighted by molar-refractivity contribution is 6.17. The molecule has 1 spiro atoms. The molecule has 0 radical (unpaired) electrons. The number of phenols is 1. The summed E-state index contributed by atoms with van der Waals surface area (Å²) in [6.07, 6.45) is 7.11. The van der Waals surface area contributed by atoms with Crippen molar-refractivity contribution in [1.82, 2.24) is 0 Å². The molecule has 35 heavy (non-hydrogen) atoms. The number of methoxy groups -OCH3 is 2. The number of carbonyl (C=O) groups excluding carboxylic acids is 1. The zero-order valence-electron chi connectivity index (χ0n) is 21.7. The summed E-state index contributed by atoms with van der Waals surface area (Å²) in [5, 5.41) is 10.9. The van der Waals surface area contributed by atoms with Crippen LogP contribution in [0, 0.1) is 5.41 Å². The second-order valence-electron chi connectivity index (χ2n) is 10.8. The zero-order chi connectivity index (χ0) is 25.1. The van der Waals surface area contributed by atoms with Crippen molar-refractivity contribution < 1.29 is 24.1 Å². The number of ether oxygens (including phenoxy) is 3. The van der Waals surface area contributed by atoms with E-state index < -0.39 is 0 Å². The van der Waals surface area contributed by atoms with E-state index in [9.17, 15) is 9.90 Å². The first-order valence-electron chi connectivity index (χ1n) is 12.7. The monoisotopic (exact) mass is 476 g/mol. The summed E-state index contributed by atoms with van der Waals surface area (Å²) in [7, 11) is 3.33. The fourth-order valence-electron chi connectivity index (χ4n) is 7.05. The van der Waals surface area contributed by atoms with Crippen LogP contribution in [0.4, 0.5) is 0 Å². The highest BCUT2D eigenvalue weighted by Gasteiger charge is 2.60. The van der Waals surface area contributed by atoms with Gasteiger partial charge in [-0.25, -0.2) is 0 Å². The minimum absolute atomic E-state index is 0.00977. The van der Waals surface area contributed by atoms with Gasteiger partial charge < -0.3 is 19.3 Å². The third kappa shape index (κ3) is 3.09. The van der Waals surface area contributed by atoms with E-state index in [1.54, 1.807) is 26.4 Å². The summed E-state index contributed by atoms with van der Waals surface area (Å²) in [6.45, 7) is 9.53. The van der Waals surface area contributed by atoms with Crippen LogP contribution in [-0.2, 0) is 5.41 Å². The lowest BCUT2D eigenvalue weighted by atomic mass is 9.54. The Kier molecular flexibility index (Phi) is 5.65. The largest absolute Gasteiger partial charge is 0.507 e. The van der Waals surface area contributed by atoms with Crippen LogP contribution in [0.2, 0.25) is 0 Å². The Morgan fingerprint density at radius 3 is 2.46 bits per heavy atom. The van der Waals surface area contributed by atoms with Crippen molar-refractivity contribution >= 4 is 5.78 Å². The Labute approximate surface area is 208 Å².